The van der Waals surface area contributed by atoms with Gasteiger partial charge in [0.05, 0.1) is 20.0 Å². The van der Waals surface area contributed by atoms with Gasteiger partial charge in [0.15, 0.2) is 22.5 Å². The first-order chi connectivity index (χ1) is 15.5. The molecule has 0 aliphatic carbocycles. The number of hydrogen-bond acceptors (Lipinski definition) is 7. The number of halogens is 1. The molecule has 0 aliphatic heterocycles. The Hall–Kier alpha value is -3.17. The van der Waals surface area contributed by atoms with Gasteiger partial charge in [0.1, 0.15) is 12.4 Å². The molecule has 3 rings (SSSR count). The van der Waals surface area contributed by atoms with Crippen molar-refractivity contribution >= 4 is 35.0 Å². The number of ether oxygens (including phenoxy) is 3. The van der Waals surface area contributed by atoms with E-state index < -0.39 is 0 Å². The van der Waals surface area contributed by atoms with E-state index in [-0.39, 0.29) is 18.3 Å². The van der Waals surface area contributed by atoms with Gasteiger partial charge in [-0.1, -0.05) is 29.4 Å². The van der Waals surface area contributed by atoms with Gasteiger partial charge in [-0.25, -0.2) is 0 Å². The number of aromatic nitrogens is 3. The van der Waals surface area contributed by atoms with Crippen LogP contribution in [-0.2, 0) is 17.9 Å². The van der Waals surface area contributed by atoms with Crippen molar-refractivity contribution in [1.29, 1.82) is 0 Å². The molecule has 0 spiro atoms. The number of allylic oxidation sites excluding steroid dienone is 1. The molecule has 1 aromatic heterocycles. The van der Waals surface area contributed by atoms with Crippen LogP contribution in [0.15, 0.2) is 60.3 Å². The van der Waals surface area contributed by atoms with Crippen molar-refractivity contribution in [2.45, 2.75) is 18.3 Å². The van der Waals surface area contributed by atoms with E-state index in [1.807, 2.05) is 4.57 Å². The first-order valence-corrected chi connectivity index (χ1v) is 11.0. The SMILES string of the molecule is C=CCn1c(COc2ccc(Cl)cc2)nnc1SCC(=O)Nc1ccc(OC)c(OC)c1. The first-order valence-electron chi connectivity index (χ1n) is 9.60. The van der Waals surface area contributed by atoms with Crippen molar-refractivity contribution in [3.05, 3.63) is 66.0 Å². The molecular weight excluding hydrogens is 452 g/mol. The minimum Gasteiger partial charge on any atom is -0.493 e. The fourth-order valence-electron chi connectivity index (χ4n) is 2.76. The zero-order valence-corrected chi connectivity index (χ0v) is 19.3. The zero-order valence-electron chi connectivity index (χ0n) is 17.7. The van der Waals surface area contributed by atoms with Gasteiger partial charge in [-0.15, -0.1) is 16.8 Å². The van der Waals surface area contributed by atoms with Gasteiger partial charge in [-0.05, 0) is 36.4 Å². The molecule has 0 saturated heterocycles. The second-order valence-corrected chi connectivity index (χ2v) is 7.83. The maximum Gasteiger partial charge on any atom is 0.234 e. The summed E-state index contributed by atoms with van der Waals surface area (Å²) in [5.74, 6) is 2.39. The van der Waals surface area contributed by atoms with Gasteiger partial charge in [0.25, 0.3) is 0 Å². The number of carbonyl (C=O) groups excluding carboxylic acids is 1. The third-order valence-corrected chi connectivity index (χ3v) is 5.51. The van der Waals surface area contributed by atoms with Crippen LogP contribution in [-0.4, -0.2) is 40.6 Å². The predicted molar refractivity (Wildman–Crippen MR) is 125 cm³/mol. The van der Waals surface area contributed by atoms with Crippen LogP contribution in [0.5, 0.6) is 17.2 Å². The summed E-state index contributed by atoms with van der Waals surface area (Å²) >= 11 is 7.18. The standard InChI is InChI=1S/C22H23ClN4O4S/c1-4-11-27-20(13-31-17-8-5-15(23)6-9-17)25-26-22(27)32-14-21(28)24-16-7-10-18(29-2)19(12-16)30-3/h4-10,12H,1,11,13-14H2,2-3H3,(H,24,28). The molecule has 32 heavy (non-hydrogen) atoms. The van der Waals surface area contributed by atoms with Gasteiger partial charge in [-0.3, -0.25) is 9.36 Å². The molecule has 10 heteroatoms. The molecule has 2 aromatic carbocycles. The molecule has 1 heterocycles. The first kappa shape index (κ1) is 23.5. The molecule has 0 bridgehead atoms. The number of anilines is 1. The molecule has 3 aromatic rings. The van der Waals surface area contributed by atoms with Crippen LogP contribution >= 0.6 is 23.4 Å². The predicted octanol–water partition coefficient (Wildman–Crippen LogP) is 4.44. The van der Waals surface area contributed by atoms with E-state index in [1.54, 1.807) is 62.8 Å². The van der Waals surface area contributed by atoms with Gasteiger partial charge in [0.2, 0.25) is 5.91 Å². The largest absolute Gasteiger partial charge is 0.493 e. The van der Waals surface area contributed by atoms with Crippen molar-refractivity contribution in [2.75, 3.05) is 25.3 Å². The van der Waals surface area contributed by atoms with E-state index in [1.165, 1.54) is 11.8 Å². The number of methoxy groups -OCH3 is 2. The average Bonchev–Trinajstić information content (AvgIpc) is 3.19. The summed E-state index contributed by atoms with van der Waals surface area (Å²) in [7, 11) is 3.10. The van der Waals surface area contributed by atoms with Crippen LogP contribution in [0.3, 0.4) is 0 Å². The van der Waals surface area contributed by atoms with E-state index in [0.717, 1.165) is 0 Å². The minimum atomic E-state index is -0.186. The van der Waals surface area contributed by atoms with Crippen LogP contribution in [0, 0.1) is 0 Å². The van der Waals surface area contributed by atoms with Crippen LogP contribution in [0.25, 0.3) is 0 Å². The number of benzene rings is 2. The Labute approximate surface area is 195 Å². The van der Waals surface area contributed by atoms with E-state index in [4.69, 9.17) is 25.8 Å². The summed E-state index contributed by atoms with van der Waals surface area (Å²) in [5, 5.41) is 12.5. The molecule has 0 atom stereocenters. The Morgan fingerprint density at radius 2 is 1.91 bits per heavy atom. The van der Waals surface area contributed by atoms with Crippen LogP contribution in [0.4, 0.5) is 5.69 Å². The molecule has 1 N–H and O–H groups in total. The Morgan fingerprint density at radius 3 is 2.59 bits per heavy atom. The fraction of sp³-hybridized carbons (Fsp3) is 0.227. The Kier molecular flexibility index (Phi) is 8.41. The maximum absolute atomic E-state index is 12.4. The summed E-state index contributed by atoms with van der Waals surface area (Å²) in [6, 6.07) is 12.3. The Morgan fingerprint density at radius 1 is 1.16 bits per heavy atom. The minimum absolute atomic E-state index is 0.154. The topological polar surface area (TPSA) is 87.5 Å². The highest BCUT2D eigenvalue weighted by Crippen LogP contribution is 2.30. The van der Waals surface area contributed by atoms with Crippen molar-refractivity contribution in [1.82, 2.24) is 14.8 Å². The highest BCUT2D eigenvalue weighted by molar-refractivity contribution is 7.99. The lowest BCUT2D eigenvalue weighted by atomic mass is 10.2. The Bertz CT molecular complexity index is 1070. The van der Waals surface area contributed by atoms with E-state index in [2.05, 4.69) is 22.1 Å². The molecule has 0 unspecified atom stereocenters. The van der Waals surface area contributed by atoms with Crippen molar-refractivity contribution in [2.24, 2.45) is 0 Å². The monoisotopic (exact) mass is 474 g/mol. The summed E-state index contributed by atoms with van der Waals surface area (Å²) in [4.78, 5) is 12.4. The second-order valence-electron chi connectivity index (χ2n) is 6.45. The zero-order chi connectivity index (χ0) is 22.9. The smallest absolute Gasteiger partial charge is 0.234 e. The van der Waals surface area contributed by atoms with Gasteiger partial charge in [-0.2, -0.15) is 0 Å². The third-order valence-electron chi connectivity index (χ3n) is 4.29. The number of rotatable bonds is 11. The van der Waals surface area contributed by atoms with Crippen molar-refractivity contribution in [3.8, 4) is 17.2 Å². The Balaban J connectivity index is 1.61. The molecule has 168 valence electrons. The lowest BCUT2D eigenvalue weighted by molar-refractivity contribution is -0.113. The van der Waals surface area contributed by atoms with Gasteiger partial charge < -0.3 is 19.5 Å². The summed E-state index contributed by atoms with van der Waals surface area (Å²) in [6.07, 6.45) is 1.74. The van der Waals surface area contributed by atoms with E-state index >= 15 is 0 Å². The van der Waals surface area contributed by atoms with E-state index in [9.17, 15) is 4.79 Å². The second kappa shape index (κ2) is 11.4. The number of nitrogens with zero attached hydrogens (tertiary/aromatic N) is 3. The summed E-state index contributed by atoms with van der Waals surface area (Å²) in [6.45, 7) is 4.50. The maximum atomic E-state index is 12.4. The molecule has 0 saturated carbocycles. The number of carbonyl (C=O) groups is 1. The number of thioether (sulfide) groups is 1. The molecule has 0 fully saturated rings. The number of amides is 1. The molecule has 0 radical (unpaired) electrons. The average molecular weight is 475 g/mol. The molecule has 1 amide bonds. The highest BCUT2D eigenvalue weighted by atomic mass is 35.5. The van der Waals surface area contributed by atoms with Crippen molar-refractivity contribution < 1.29 is 19.0 Å². The van der Waals surface area contributed by atoms with Crippen molar-refractivity contribution in [3.63, 3.8) is 0 Å². The molecule has 8 nitrogen and oxygen atoms in total. The number of hydrogen-bond donors (Lipinski definition) is 1. The summed E-state index contributed by atoms with van der Waals surface area (Å²) in [5.41, 5.74) is 0.609. The normalized spacial score (nSPS) is 10.5. The lowest BCUT2D eigenvalue weighted by Gasteiger charge is -2.11. The van der Waals surface area contributed by atoms with Gasteiger partial charge in [0, 0.05) is 23.3 Å². The highest BCUT2D eigenvalue weighted by Gasteiger charge is 2.15. The van der Waals surface area contributed by atoms with Crippen LogP contribution < -0.4 is 19.5 Å². The fourth-order valence-corrected chi connectivity index (χ4v) is 3.66. The quantitative estimate of drug-likeness (QED) is 0.324. The third kappa shape index (κ3) is 6.18. The van der Waals surface area contributed by atoms with E-state index in [0.29, 0.717) is 45.5 Å². The summed E-state index contributed by atoms with van der Waals surface area (Å²) < 4.78 is 18.1. The lowest BCUT2D eigenvalue weighted by Crippen LogP contribution is -2.15. The van der Waals surface area contributed by atoms with Crippen LogP contribution in [0.1, 0.15) is 5.82 Å². The van der Waals surface area contributed by atoms with Crippen LogP contribution in [0.2, 0.25) is 5.02 Å². The molecule has 0 aliphatic rings. The van der Waals surface area contributed by atoms with Gasteiger partial charge >= 0.3 is 0 Å². The molecular formula is C22H23ClN4O4S. The number of nitrogens with one attached hydrogen (secondary N) is 1.